The molecule has 1 rings (SSSR count). The smallest absolute Gasteiger partial charge is 0.333 e. The van der Waals surface area contributed by atoms with E-state index in [9.17, 15) is 4.79 Å². The van der Waals surface area contributed by atoms with E-state index in [0.717, 1.165) is 18.7 Å². The van der Waals surface area contributed by atoms with Crippen molar-refractivity contribution in [1.82, 2.24) is 0 Å². The second-order valence-electron chi connectivity index (χ2n) is 2.55. The van der Waals surface area contributed by atoms with Crippen LogP contribution in [0.4, 0.5) is 0 Å². The van der Waals surface area contributed by atoms with Crippen molar-refractivity contribution >= 4 is 11.7 Å². The molecule has 0 bridgehead atoms. The van der Waals surface area contributed by atoms with Crippen molar-refractivity contribution in [3.05, 3.63) is 12.2 Å². The minimum Gasteiger partial charge on any atom is -0.462 e. The topological polar surface area (TPSA) is 38.7 Å². The third-order valence-corrected chi connectivity index (χ3v) is 1.35. The average Bonchev–Trinajstić information content (AvgIpc) is 2.71. The van der Waals surface area contributed by atoms with Gasteiger partial charge in [0.2, 0.25) is 0 Å². The van der Waals surface area contributed by atoms with Crippen LogP contribution >= 0.6 is 0 Å². The Morgan fingerprint density at radius 1 is 1.82 bits per heavy atom. The number of hydrogen-bond donors (Lipinski definition) is 0. The molecular formula is C8H11NO2. The molecule has 11 heavy (non-hydrogen) atoms. The molecule has 0 radical (unpaired) electrons. The van der Waals surface area contributed by atoms with Crippen LogP contribution in [-0.4, -0.2) is 24.8 Å². The van der Waals surface area contributed by atoms with E-state index in [1.807, 2.05) is 0 Å². The maximum absolute atomic E-state index is 10.8. The quantitative estimate of drug-likeness (QED) is 0.445. The van der Waals surface area contributed by atoms with E-state index in [1.165, 1.54) is 0 Å². The summed E-state index contributed by atoms with van der Waals surface area (Å²) >= 11 is 0. The Balaban J connectivity index is 2.05. The molecular weight excluding hydrogens is 142 g/mol. The minimum absolute atomic E-state index is 0.314. The molecule has 0 aromatic heterocycles. The Kier molecular flexibility index (Phi) is 2.41. The fourth-order valence-electron chi connectivity index (χ4n) is 0.599. The monoisotopic (exact) mass is 153 g/mol. The molecule has 1 heterocycles. The van der Waals surface area contributed by atoms with Gasteiger partial charge in [0.05, 0.1) is 13.2 Å². The minimum atomic E-state index is -0.314. The van der Waals surface area contributed by atoms with Gasteiger partial charge in [-0.15, -0.1) is 0 Å². The van der Waals surface area contributed by atoms with Gasteiger partial charge in [0.25, 0.3) is 0 Å². The van der Waals surface area contributed by atoms with Crippen LogP contribution in [0, 0.1) is 0 Å². The Bertz CT molecular complexity index is 218. The highest BCUT2D eigenvalue weighted by Crippen LogP contribution is 2.02. The fourth-order valence-corrected chi connectivity index (χ4v) is 0.599. The number of nitrogens with zero attached hydrogens (tertiary/aromatic N) is 1. The van der Waals surface area contributed by atoms with Crippen LogP contribution in [-0.2, 0) is 9.53 Å². The molecule has 0 spiro atoms. The molecule has 1 aliphatic heterocycles. The van der Waals surface area contributed by atoms with Crippen molar-refractivity contribution in [3.63, 3.8) is 0 Å². The maximum Gasteiger partial charge on any atom is 0.333 e. The number of carbonyl (C=O) groups excluding carboxylic acids is 1. The molecule has 0 amide bonds. The van der Waals surface area contributed by atoms with Gasteiger partial charge >= 0.3 is 5.97 Å². The highest BCUT2D eigenvalue weighted by Gasteiger charge is 2.10. The molecule has 0 unspecified atom stereocenters. The van der Waals surface area contributed by atoms with E-state index in [1.54, 1.807) is 6.92 Å². The van der Waals surface area contributed by atoms with Gasteiger partial charge in [0.15, 0.2) is 0 Å². The Morgan fingerprint density at radius 3 is 2.91 bits per heavy atom. The SMILES string of the molecule is C=C(C)C(=O)OCCC1=NC1. The summed E-state index contributed by atoms with van der Waals surface area (Å²) in [5.41, 5.74) is 1.59. The van der Waals surface area contributed by atoms with Crippen LogP contribution in [0.3, 0.4) is 0 Å². The molecule has 0 fully saturated rings. The summed E-state index contributed by atoms with van der Waals surface area (Å²) < 4.78 is 4.83. The lowest BCUT2D eigenvalue weighted by Crippen LogP contribution is -2.07. The summed E-state index contributed by atoms with van der Waals surface area (Å²) in [6, 6.07) is 0. The number of ether oxygens (including phenoxy) is 1. The van der Waals surface area contributed by atoms with E-state index in [2.05, 4.69) is 11.6 Å². The normalized spacial score (nSPS) is 13.7. The van der Waals surface area contributed by atoms with Crippen LogP contribution in [0.1, 0.15) is 13.3 Å². The van der Waals surface area contributed by atoms with Gasteiger partial charge in [-0.3, -0.25) is 4.99 Å². The zero-order chi connectivity index (χ0) is 8.27. The number of carbonyl (C=O) groups is 1. The van der Waals surface area contributed by atoms with Crippen molar-refractivity contribution in [3.8, 4) is 0 Å². The molecule has 0 aliphatic carbocycles. The van der Waals surface area contributed by atoms with Gasteiger partial charge < -0.3 is 4.74 Å². The second kappa shape index (κ2) is 3.32. The molecule has 3 heteroatoms. The van der Waals surface area contributed by atoms with Crippen LogP contribution in [0.5, 0.6) is 0 Å². The molecule has 1 aliphatic rings. The molecule has 0 saturated carbocycles. The second-order valence-corrected chi connectivity index (χ2v) is 2.55. The predicted molar refractivity (Wildman–Crippen MR) is 42.7 cm³/mol. The summed E-state index contributed by atoms with van der Waals surface area (Å²) in [7, 11) is 0. The number of esters is 1. The van der Waals surface area contributed by atoms with Gasteiger partial charge in [0.1, 0.15) is 0 Å². The number of hydrogen-bond acceptors (Lipinski definition) is 3. The van der Waals surface area contributed by atoms with Crippen molar-refractivity contribution in [2.75, 3.05) is 13.2 Å². The Labute approximate surface area is 65.8 Å². The molecule has 3 nitrogen and oxygen atoms in total. The van der Waals surface area contributed by atoms with Crippen molar-refractivity contribution in [2.24, 2.45) is 4.99 Å². The summed E-state index contributed by atoms with van der Waals surface area (Å²) in [4.78, 5) is 14.7. The third-order valence-electron chi connectivity index (χ3n) is 1.35. The lowest BCUT2D eigenvalue weighted by Gasteiger charge is -2.00. The average molecular weight is 153 g/mol. The van der Waals surface area contributed by atoms with Gasteiger partial charge in [-0.05, 0) is 6.92 Å². The largest absolute Gasteiger partial charge is 0.462 e. The number of aliphatic imine (C=N–C) groups is 1. The Hall–Kier alpha value is -1.12. The van der Waals surface area contributed by atoms with Crippen LogP contribution in [0.15, 0.2) is 17.1 Å². The summed E-state index contributed by atoms with van der Waals surface area (Å²) in [6.07, 6.45) is 0.777. The molecule has 0 aromatic rings. The van der Waals surface area contributed by atoms with Crippen molar-refractivity contribution < 1.29 is 9.53 Å². The molecule has 0 aromatic carbocycles. The zero-order valence-electron chi connectivity index (χ0n) is 6.59. The summed E-state index contributed by atoms with van der Waals surface area (Å²) in [5.74, 6) is -0.314. The summed E-state index contributed by atoms with van der Waals surface area (Å²) in [6.45, 7) is 6.39. The van der Waals surface area contributed by atoms with Crippen LogP contribution in [0.25, 0.3) is 0 Å². The fraction of sp³-hybridized carbons (Fsp3) is 0.500. The van der Waals surface area contributed by atoms with E-state index in [-0.39, 0.29) is 5.97 Å². The molecule has 60 valence electrons. The standard InChI is InChI=1S/C8H11NO2/c1-6(2)8(10)11-4-3-7-5-9-7/h1,3-5H2,2H3. The lowest BCUT2D eigenvalue weighted by atomic mass is 10.3. The first-order valence-corrected chi connectivity index (χ1v) is 3.55. The van der Waals surface area contributed by atoms with Gasteiger partial charge in [-0.2, -0.15) is 0 Å². The molecule has 0 N–H and O–H groups in total. The van der Waals surface area contributed by atoms with E-state index in [4.69, 9.17) is 4.74 Å². The third kappa shape index (κ3) is 2.98. The highest BCUT2D eigenvalue weighted by atomic mass is 16.5. The number of rotatable bonds is 4. The maximum atomic E-state index is 10.8. The van der Waals surface area contributed by atoms with Gasteiger partial charge in [0, 0.05) is 17.7 Å². The molecule has 0 atom stereocenters. The van der Waals surface area contributed by atoms with Gasteiger partial charge in [-0.1, -0.05) is 6.58 Å². The predicted octanol–water partition coefficient (Wildman–Crippen LogP) is 0.950. The van der Waals surface area contributed by atoms with E-state index >= 15 is 0 Å². The first-order chi connectivity index (χ1) is 5.20. The summed E-state index contributed by atoms with van der Waals surface area (Å²) in [5, 5.41) is 0. The lowest BCUT2D eigenvalue weighted by molar-refractivity contribution is -0.138. The van der Waals surface area contributed by atoms with Crippen LogP contribution < -0.4 is 0 Å². The zero-order valence-corrected chi connectivity index (χ0v) is 6.59. The first kappa shape index (κ1) is 7.98. The Morgan fingerprint density at radius 2 is 2.45 bits per heavy atom. The van der Waals surface area contributed by atoms with E-state index < -0.39 is 0 Å². The van der Waals surface area contributed by atoms with Crippen molar-refractivity contribution in [1.29, 1.82) is 0 Å². The van der Waals surface area contributed by atoms with Crippen LogP contribution in [0.2, 0.25) is 0 Å². The first-order valence-electron chi connectivity index (χ1n) is 3.55. The van der Waals surface area contributed by atoms with Gasteiger partial charge in [-0.25, -0.2) is 4.79 Å². The van der Waals surface area contributed by atoms with Crippen molar-refractivity contribution in [2.45, 2.75) is 13.3 Å². The molecule has 0 saturated heterocycles. The highest BCUT2D eigenvalue weighted by molar-refractivity contribution is 5.97. The van der Waals surface area contributed by atoms with E-state index in [0.29, 0.717) is 12.2 Å².